The molecule has 0 unspecified atom stereocenters. The summed E-state index contributed by atoms with van der Waals surface area (Å²) in [5.41, 5.74) is 7.44. The standard InChI is InChI=1S/C14H21N3O2/c1-10(2)12-5-3-11(4-6-12)9-17-14(19)13(18)16-8-7-15/h3-6,10H,7-9,15H2,1-2H3,(H,16,18)(H,17,19). The van der Waals surface area contributed by atoms with Crippen LogP contribution in [0.15, 0.2) is 24.3 Å². The predicted octanol–water partition coefficient (Wildman–Crippen LogP) is 0.501. The van der Waals surface area contributed by atoms with Crippen molar-refractivity contribution in [2.24, 2.45) is 5.73 Å². The van der Waals surface area contributed by atoms with Crippen LogP contribution in [0.25, 0.3) is 0 Å². The van der Waals surface area contributed by atoms with E-state index in [1.807, 2.05) is 24.3 Å². The van der Waals surface area contributed by atoms with Gasteiger partial charge < -0.3 is 16.4 Å². The number of carbonyl (C=O) groups excluding carboxylic acids is 2. The molecule has 0 aliphatic heterocycles. The highest BCUT2D eigenvalue weighted by Crippen LogP contribution is 2.14. The van der Waals surface area contributed by atoms with Gasteiger partial charge in [-0.05, 0) is 17.0 Å². The van der Waals surface area contributed by atoms with Crippen molar-refractivity contribution in [3.8, 4) is 0 Å². The summed E-state index contributed by atoms with van der Waals surface area (Å²) in [7, 11) is 0. The lowest BCUT2D eigenvalue weighted by Gasteiger charge is -2.08. The average molecular weight is 263 g/mol. The molecule has 1 aromatic carbocycles. The molecule has 0 bridgehead atoms. The van der Waals surface area contributed by atoms with Crippen LogP contribution in [0.1, 0.15) is 30.9 Å². The van der Waals surface area contributed by atoms with E-state index in [-0.39, 0.29) is 0 Å². The van der Waals surface area contributed by atoms with E-state index in [0.29, 0.717) is 25.6 Å². The molecule has 0 fully saturated rings. The summed E-state index contributed by atoms with van der Waals surface area (Å²) in [5.74, 6) is -0.809. The second-order valence-electron chi connectivity index (χ2n) is 4.62. The first-order chi connectivity index (χ1) is 9.04. The molecule has 0 atom stereocenters. The number of nitrogens with two attached hydrogens (primary N) is 1. The lowest BCUT2D eigenvalue weighted by Crippen LogP contribution is -2.41. The quantitative estimate of drug-likeness (QED) is 0.676. The number of benzene rings is 1. The average Bonchev–Trinajstić information content (AvgIpc) is 2.42. The van der Waals surface area contributed by atoms with Gasteiger partial charge in [-0.1, -0.05) is 38.1 Å². The zero-order valence-corrected chi connectivity index (χ0v) is 11.4. The van der Waals surface area contributed by atoms with Gasteiger partial charge >= 0.3 is 11.8 Å². The van der Waals surface area contributed by atoms with Crippen LogP contribution in [0.5, 0.6) is 0 Å². The van der Waals surface area contributed by atoms with E-state index in [4.69, 9.17) is 5.73 Å². The third kappa shape index (κ3) is 5.09. The molecule has 2 amide bonds. The molecule has 19 heavy (non-hydrogen) atoms. The second-order valence-corrected chi connectivity index (χ2v) is 4.62. The maximum atomic E-state index is 11.4. The molecule has 5 nitrogen and oxygen atoms in total. The first-order valence-electron chi connectivity index (χ1n) is 6.39. The molecule has 5 heteroatoms. The first kappa shape index (κ1) is 15.2. The Hall–Kier alpha value is -1.88. The fourth-order valence-electron chi connectivity index (χ4n) is 1.55. The van der Waals surface area contributed by atoms with E-state index >= 15 is 0 Å². The van der Waals surface area contributed by atoms with Crippen molar-refractivity contribution in [1.29, 1.82) is 0 Å². The molecule has 0 radical (unpaired) electrons. The molecular weight excluding hydrogens is 242 g/mol. The van der Waals surface area contributed by atoms with Crippen LogP contribution in [-0.2, 0) is 16.1 Å². The SMILES string of the molecule is CC(C)c1ccc(CNC(=O)C(=O)NCCN)cc1. The van der Waals surface area contributed by atoms with Crippen molar-refractivity contribution < 1.29 is 9.59 Å². The summed E-state index contributed by atoms with van der Waals surface area (Å²) >= 11 is 0. The van der Waals surface area contributed by atoms with Crippen LogP contribution in [0.2, 0.25) is 0 Å². The van der Waals surface area contributed by atoms with E-state index in [9.17, 15) is 9.59 Å². The number of hydrogen-bond acceptors (Lipinski definition) is 3. The van der Waals surface area contributed by atoms with Crippen LogP contribution >= 0.6 is 0 Å². The fraction of sp³-hybridized carbons (Fsp3) is 0.429. The van der Waals surface area contributed by atoms with E-state index in [1.165, 1.54) is 5.56 Å². The van der Waals surface area contributed by atoms with Gasteiger partial charge in [0.15, 0.2) is 0 Å². The third-order valence-electron chi connectivity index (χ3n) is 2.74. The monoisotopic (exact) mass is 263 g/mol. The molecule has 4 N–H and O–H groups in total. The maximum Gasteiger partial charge on any atom is 0.309 e. The molecule has 0 saturated heterocycles. The van der Waals surface area contributed by atoms with Gasteiger partial charge in [-0.25, -0.2) is 0 Å². The molecule has 0 aliphatic rings. The molecule has 104 valence electrons. The molecule has 0 aromatic heterocycles. The molecule has 1 rings (SSSR count). The Morgan fingerprint density at radius 3 is 2.21 bits per heavy atom. The molecule has 0 aliphatic carbocycles. The van der Waals surface area contributed by atoms with Crippen molar-refractivity contribution >= 4 is 11.8 Å². The Morgan fingerprint density at radius 2 is 1.68 bits per heavy atom. The van der Waals surface area contributed by atoms with Crippen LogP contribution in [0.4, 0.5) is 0 Å². The van der Waals surface area contributed by atoms with Gasteiger partial charge in [0.1, 0.15) is 0 Å². The lowest BCUT2D eigenvalue weighted by atomic mass is 10.0. The van der Waals surface area contributed by atoms with Gasteiger partial charge in [-0.3, -0.25) is 9.59 Å². The molecule has 0 heterocycles. The Balaban J connectivity index is 2.43. The lowest BCUT2D eigenvalue weighted by molar-refractivity contribution is -0.139. The zero-order valence-electron chi connectivity index (χ0n) is 11.4. The van der Waals surface area contributed by atoms with Gasteiger partial charge in [-0.2, -0.15) is 0 Å². The number of amides is 2. The van der Waals surface area contributed by atoms with E-state index in [2.05, 4.69) is 24.5 Å². The van der Waals surface area contributed by atoms with Crippen LogP contribution in [0, 0.1) is 0 Å². The Kier molecular flexibility index (Phi) is 6.02. The van der Waals surface area contributed by atoms with E-state index < -0.39 is 11.8 Å². The summed E-state index contributed by atoms with van der Waals surface area (Å²) < 4.78 is 0. The van der Waals surface area contributed by atoms with Crippen LogP contribution in [0.3, 0.4) is 0 Å². The molecular formula is C14H21N3O2. The highest BCUT2D eigenvalue weighted by atomic mass is 16.2. The van der Waals surface area contributed by atoms with Gasteiger partial charge in [0.2, 0.25) is 0 Å². The van der Waals surface area contributed by atoms with Crippen molar-refractivity contribution in [2.45, 2.75) is 26.3 Å². The summed E-state index contributed by atoms with van der Waals surface area (Å²) in [6, 6.07) is 7.96. The second kappa shape index (κ2) is 7.53. The Bertz CT molecular complexity index is 427. The fourth-order valence-corrected chi connectivity index (χ4v) is 1.55. The van der Waals surface area contributed by atoms with Crippen LogP contribution in [-0.4, -0.2) is 24.9 Å². The number of hydrogen-bond donors (Lipinski definition) is 3. The third-order valence-corrected chi connectivity index (χ3v) is 2.74. The van der Waals surface area contributed by atoms with Crippen molar-refractivity contribution in [3.05, 3.63) is 35.4 Å². The highest BCUT2D eigenvalue weighted by molar-refractivity contribution is 6.35. The van der Waals surface area contributed by atoms with Gasteiger partial charge in [0, 0.05) is 19.6 Å². The zero-order chi connectivity index (χ0) is 14.3. The Labute approximate surface area is 113 Å². The summed E-state index contributed by atoms with van der Waals surface area (Å²) in [4.78, 5) is 22.7. The van der Waals surface area contributed by atoms with Gasteiger partial charge in [-0.15, -0.1) is 0 Å². The van der Waals surface area contributed by atoms with E-state index in [1.54, 1.807) is 0 Å². The topological polar surface area (TPSA) is 84.2 Å². The number of nitrogens with one attached hydrogen (secondary N) is 2. The largest absolute Gasteiger partial charge is 0.347 e. The summed E-state index contributed by atoms with van der Waals surface area (Å²) in [6.07, 6.45) is 0. The van der Waals surface area contributed by atoms with Crippen molar-refractivity contribution in [2.75, 3.05) is 13.1 Å². The van der Waals surface area contributed by atoms with Crippen LogP contribution < -0.4 is 16.4 Å². The maximum absolute atomic E-state index is 11.4. The minimum absolute atomic E-state index is 0.301. The molecule has 0 saturated carbocycles. The van der Waals surface area contributed by atoms with Gasteiger partial charge in [0.05, 0.1) is 0 Å². The normalized spacial score (nSPS) is 10.3. The smallest absolute Gasteiger partial charge is 0.309 e. The van der Waals surface area contributed by atoms with E-state index in [0.717, 1.165) is 5.56 Å². The van der Waals surface area contributed by atoms with Crippen molar-refractivity contribution in [3.63, 3.8) is 0 Å². The van der Waals surface area contributed by atoms with Gasteiger partial charge in [0.25, 0.3) is 0 Å². The Morgan fingerprint density at radius 1 is 1.11 bits per heavy atom. The predicted molar refractivity (Wildman–Crippen MR) is 74.4 cm³/mol. The molecule has 0 spiro atoms. The summed E-state index contributed by atoms with van der Waals surface area (Å²) in [5, 5.41) is 4.98. The number of carbonyl (C=O) groups is 2. The minimum Gasteiger partial charge on any atom is -0.347 e. The highest BCUT2D eigenvalue weighted by Gasteiger charge is 2.11. The summed E-state index contributed by atoms with van der Waals surface area (Å²) in [6.45, 7) is 5.20. The molecule has 1 aromatic rings. The minimum atomic E-state index is -0.649. The van der Waals surface area contributed by atoms with Crippen molar-refractivity contribution in [1.82, 2.24) is 10.6 Å². The first-order valence-corrected chi connectivity index (χ1v) is 6.39. The number of rotatable bonds is 5.